The molecule has 98 valence electrons. The highest BCUT2D eigenvalue weighted by atomic mass is 16.3. The van der Waals surface area contributed by atoms with Gasteiger partial charge in [-0.1, -0.05) is 13.0 Å². The van der Waals surface area contributed by atoms with Crippen molar-refractivity contribution in [1.82, 2.24) is 0 Å². The van der Waals surface area contributed by atoms with E-state index in [0.29, 0.717) is 17.3 Å². The summed E-state index contributed by atoms with van der Waals surface area (Å²) in [4.78, 5) is 0. The molecule has 0 aromatic carbocycles. The lowest BCUT2D eigenvalue weighted by Gasteiger charge is -2.50. The molecule has 1 fully saturated rings. The van der Waals surface area contributed by atoms with Crippen molar-refractivity contribution in [1.29, 1.82) is 0 Å². The Balaban J connectivity index is 2.20. The van der Waals surface area contributed by atoms with Gasteiger partial charge >= 0.3 is 0 Å². The van der Waals surface area contributed by atoms with Gasteiger partial charge in [0.15, 0.2) is 0 Å². The number of rotatable bonds is 2. The molecule has 2 nitrogen and oxygen atoms in total. The largest absolute Gasteiger partial charge is 0.392 e. The van der Waals surface area contributed by atoms with E-state index in [0.717, 1.165) is 19.3 Å². The zero-order chi connectivity index (χ0) is 12.7. The molecule has 0 aliphatic heterocycles. The molecule has 2 aliphatic carbocycles. The highest BCUT2D eigenvalue weighted by Gasteiger charge is 2.45. The summed E-state index contributed by atoms with van der Waals surface area (Å²) >= 11 is 0. The van der Waals surface area contributed by atoms with E-state index in [4.69, 9.17) is 0 Å². The second-order valence-corrected chi connectivity index (χ2v) is 6.81. The number of aliphatic hydroxyl groups excluding tert-OH is 1. The predicted octanol–water partition coefficient (Wildman–Crippen LogP) is 2.89. The quantitative estimate of drug-likeness (QED) is 0.726. The maximum atomic E-state index is 10.2. The topological polar surface area (TPSA) is 40.5 Å². The van der Waals surface area contributed by atoms with Gasteiger partial charge in [-0.25, -0.2) is 0 Å². The molecular formula is C15H26O2. The van der Waals surface area contributed by atoms with Crippen LogP contribution in [0.2, 0.25) is 0 Å². The predicted molar refractivity (Wildman–Crippen MR) is 69.6 cm³/mol. The molecule has 0 spiro atoms. The number of fused-ring (bicyclic) bond motifs is 1. The molecule has 0 amide bonds. The van der Waals surface area contributed by atoms with Crippen LogP contribution in [0.15, 0.2) is 11.6 Å². The van der Waals surface area contributed by atoms with Gasteiger partial charge in [-0.15, -0.1) is 0 Å². The Morgan fingerprint density at radius 2 is 2.12 bits per heavy atom. The van der Waals surface area contributed by atoms with Gasteiger partial charge in [0.2, 0.25) is 0 Å². The van der Waals surface area contributed by atoms with E-state index >= 15 is 0 Å². The van der Waals surface area contributed by atoms with Crippen molar-refractivity contribution >= 4 is 0 Å². The van der Waals surface area contributed by atoms with Crippen LogP contribution in [0.3, 0.4) is 0 Å². The van der Waals surface area contributed by atoms with E-state index < -0.39 is 5.60 Å². The van der Waals surface area contributed by atoms with Crippen molar-refractivity contribution in [2.75, 3.05) is 6.61 Å². The molecule has 3 atom stereocenters. The minimum Gasteiger partial charge on any atom is -0.392 e. The average molecular weight is 238 g/mol. The SMILES string of the molecule is CC(C)(O)[C@@H]1CC[C@@]2(C)CCC=C(CO)[C@@H]2C1. The molecule has 0 bridgehead atoms. The normalized spacial score (nSPS) is 38.5. The average Bonchev–Trinajstić information content (AvgIpc) is 2.25. The van der Waals surface area contributed by atoms with E-state index in [1.165, 1.54) is 18.4 Å². The standard InChI is InChI=1S/C15H26O2/c1-14(2,17)12-6-8-15(3)7-4-5-11(10-16)13(15)9-12/h5,12-13,16-17H,4,6-10H2,1-3H3/t12-,13+,15-/m1/s1. The van der Waals surface area contributed by atoms with Crippen molar-refractivity contribution in [3.63, 3.8) is 0 Å². The highest BCUT2D eigenvalue weighted by Crippen LogP contribution is 2.53. The Morgan fingerprint density at radius 3 is 2.71 bits per heavy atom. The van der Waals surface area contributed by atoms with Crippen molar-refractivity contribution in [2.24, 2.45) is 17.3 Å². The minimum atomic E-state index is -0.584. The van der Waals surface area contributed by atoms with Gasteiger partial charge in [0.25, 0.3) is 0 Å². The Morgan fingerprint density at radius 1 is 1.41 bits per heavy atom. The lowest BCUT2D eigenvalue weighted by molar-refractivity contribution is -0.0391. The van der Waals surface area contributed by atoms with Crippen LogP contribution in [0.25, 0.3) is 0 Å². The van der Waals surface area contributed by atoms with Crippen LogP contribution in [0.4, 0.5) is 0 Å². The Hall–Kier alpha value is -0.340. The van der Waals surface area contributed by atoms with Gasteiger partial charge in [-0.2, -0.15) is 0 Å². The fourth-order valence-electron chi connectivity index (χ4n) is 3.81. The van der Waals surface area contributed by atoms with E-state index in [1.807, 2.05) is 13.8 Å². The zero-order valence-electron chi connectivity index (χ0n) is 11.4. The molecule has 0 aromatic rings. The summed E-state index contributed by atoms with van der Waals surface area (Å²) in [5.41, 5.74) is 0.987. The molecule has 2 aliphatic rings. The van der Waals surface area contributed by atoms with Gasteiger partial charge in [-0.05, 0) is 68.8 Å². The van der Waals surface area contributed by atoms with Crippen molar-refractivity contribution < 1.29 is 10.2 Å². The summed E-state index contributed by atoms with van der Waals surface area (Å²) < 4.78 is 0. The van der Waals surface area contributed by atoms with E-state index in [9.17, 15) is 10.2 Å². The molecule has 2 heteroatoms. The van der Waals surface area contributed by atoms with Gasteiger partial charge < -0.3 is 10.2 Å². The van der Waals surface area contributed by atoms with E-state index in [2.05, 4.69) is 13.0 Å². The summed E-state index contributed by atoms with van der Waals surface area (Å²) in [5.74, 6) is 0.847. The summed E-state index contributed by atoms with van der Waals surface area (Å²) in [5, 5.41) is 19.7. The highest BCUT2D eigenvalue weighted by molar-refractivity contribution is 5.17. The molecule has 17 heavy (non-hydrogen) atoms. The number of hydrogen-bond donors (Lipinski definition) is 2. The first-order valence-corrected chi connectivity index (χ1v) is 6.89. The molecule has 1 saturated carbocycles. The second-order valence-electron chi connectivity index (χ2n) is 6.81. The number of aliphatic hydroxyl groups is 2. The zero-order valence-corrected chi connectivity index (χ0v) is 11.4. The van der Waals surface area contributed by atoms with Gasteiger partial charge in [-0.3, -0.25) is 0 Å². The molecule has 2 rings (SSSR count). The minimum absolute atomic E-state index is 0.193. The molecule has 0 aromatic heterocycles. The van der Waals surface area contributed by atoms with Crippen LogP contribution in [0.5, 0.6) is 0 Å². The molecule has 2 N–H and O–H groups in total. The molecule has 0 heterocycles. The molecule has 0 saturated heterocycles. The third kappa shape index (κ3) is 2.43. The van der Waals surface area contributed by atoms with Crippen LogP contribution in [-0.2, 0) is 0 Å². The van der Waals surface area contributed by atoms with Gasteiger partial charge in [0.05, 0.1) is 12.2 Å². The third-order valence-electron chi connectivity index (χ3n) is 5.18. The van der Waals surface area contributed by atoms with Crippen LogP contribution >= 0.6 is 0 Å². The van der Waals surface area contributed by atoms with Crippen molar-refractivity contribution in [3.05, 3.63) is 11.6 Å². The van der Waals surface area contributed by atoms with Crippen LogP contribution < -0.4 is 0 Å². The summed E-state index contributed by atoms with van der Waals surface area (Å²) in [7, 11) is 0. The smallest absolute Gasteiger partial charge is 0.0644 e. The van der Waals surface area contributed by atoms with E-state index in [-0.39, 0.29) is 6.61 Å². The van der Waals surface area contributed by atoms with Crippen LogP contribution in [0.1, 0.15) is 52.9 Å². The molecule has 0 unspecified atom stereocenters. The van der Waals surface area contributed by atoms with Gasteiger partial charge in [0, 0.05) is 0 Å². The maximum absolute atomic E-state index is 10.2. The third-order valence-corrected chi connectivity index (χ3v) is 5.18. The monoisotopic (exact) mass is 238 g/mol. The first kappa shape index (κ1) is 13.1. The van der Waals surface area contributed by atoms with Crippen molar-refractivity contribution in [3.8, 4) is 0 Å². The van der Waals surface area contributed by atoms with Crippen LogP contribution in [-0.4, -0.2) is 22.4 Å². The van der Waals surface area contributed by atoms with Crippen LogP contribution in [0, 0.1) is 17.3 Å². The molecule has 0 radical (unpaired) electrons. The lowest BCUT2D eigenvalue weighted by atomic mass is 9.56. The summed E-state index contributed by atoms with van der Waals surface area (Å²) in [6.07, 6.45) is 7.90. The maximum Gasteiger partial charge on any atom is 0.0644 e. The number of hydrogen-bond acceptors (Lipinski definition) is 2. The summed E-state index contributed by atoms with van der Waals surface area (Å²) in [6, 6.07) is 0. The fraction of sp³-hybridized carbons (Fsp3) is 0.867. The first-order valence-electron chi connectivity index (χ1n) is 6.89. The van der Waals surface area contributed by atoms with Crippen molar-refractivity contribution in [2.45, 2.75) is 58.5 Å². The Labute approximate surface area is 105 Å². The summed E-state index contributed by atoms with van der Waals surface area (Å²) in [6.45, 7) is 6.40. The second kappa shape index (κ2) is 4.40. The number of allylic oxidation sites excluding steroid dienone is 1. The van der Waals surface area contributed by atoms with Gasteiger partial charge in [0.1, 0.15) is 0 Å². The Kier molecular flexibility index (Phi) is 3.39. The Bertz CT molecular complexity index is 313. The lowest BCUT2D eigenvalue weighted by Crippen LogP contribution is -2.44. The first-order chi connectivity index (χ1) is 7.87. The van der Waals surface area contributed by atoms with E-state index in [1.54, 1.807) is 0 Å². The molecular weight excluding hydrogens is 212 g/mol. The fourth-order valence-corrected chi connectivity index (χ4v) is 3.81.